The summed E-state index contributed by atoms with van der Waals surface area (Å²) in [7, 11) is 3.92. The second-order valence-corrected chi connectivity index (χ2v) is 4.40. The number of likely N-dealkylation sites (N-methyl/N-ethyl adjacent to an activating group) is 1. The van der Waals surface area contributed by atoms with Gasteiger partial charge < -0.3 is 15.4 Å². The summed E-state index contributed by atoms with van der Waals surface area (Å²) in [6.45, 7) is 7.20. The molecule has 2 N–H and O–H groups in total. The van der Waals surface area contributed by atoms with E-state index in [9.17, 15) is 0 Å². The van der Waals surface area contributed by atoms with E-state index >= 15 is 0 Å². The van der Waals surface area contributed by atoms with E-state index in [-0.39, 0.29) is 0 Å². The average Bonchev–Trinajstić information content (AvgIpc) is 2.19. The lowest BCUT2D eigenvalue weighted by molar-refractivity contribution is 0.145. The average molecular weight is 216 g/mol. The van der Waals surface area contributed by atoms with Crippen molar-refractivity contribution in [1.29, 1.82) is 0 Å². The molecular weight excluding hydrogens is 188 g/mol. The van der Waals surface area contributed by atoms with Crippen LogP contribution in [0.5, 0.6) is 0 Å². The fourth-order valence-electron chi connectivity index (χ4n) is 2.12. The first kappa shape index (κ1) is 14.9. The Morgan fingerprint density at radius 3 is 2.53 bits per heavy atom. The van der Waals surface area contributed by atoms with Gasteiger partial charge in [0.2, 0.25) is 0 Å². The third-order valence-electron chi connectivity index (χ3n) is 3.07. The summed E-state index contributed by atoms with van der Waals surface area (Å²) in [4.78, 5) is 2.37. The van der Waals surface area contributed by atoms with Crippen molar-refractivity contribution in [3.8, 4) is 0 Å². The smallest absolute Gasteiger partial charge is 0.0474 e. The van der Waals surface area contributed by atoms with E-state index in [4.69, 9.17) is 10.5 Å². The van der Waals surface area contributed by atoms with Crippen molar-refractivity contribution < 1.29 is 4.74 Å². The van der Waals surface area contributed by atoms with E-state index in [0.717, 1.165) is 26.1 Å². The maximum Gasteiger partial charge on any atom is 0.0474 e. The van der Waals surface area contributed by atoms with Gasteiger partial charge >= 0.3 is 0 Å². The minimum atomic E-state index is 0.516. The number of nitrogens with zero attached hydrogens (tertiary/aromatic N) is 1. The monoisotopic (exact) mass is 216 g/mol. The summed E-state index contributed by atoms with van der Waals surface area (Å²) in [5, 5.41) is 0. The second-order valence-electron chi connectivity index (χ2n) is 4.40. The van der Waals surface area contributed by atoms with Gasteiger partial charge in [-0.2, -0.15) is 0 Å². The summed E-state index contributed by atoms with van der Waals surface area (Å²) < 4.78 is 5.06. The van der Waals surface area contributed by atoms with E-state index in [1.54, 1.807) is 7.11 Å². The highest BCUT2D eigenvalue weighted by Gasteiger charge is 2.18. The van der Waals surface area contributed by atoms with Crippen LogP contribution in [0.2, 0.25) is 0 Å². The van der Waals surface area contributed by atoms with Crippen molar-refractivity contribution >= 4 is 0 Å². The van der Waals surface area contributed by atoms with Crippen molar-refractivity contribution in [2.45, 2.75) is 39.2 Å². The first-order valence-corrected chi connectivity index (χ1v) is 6.06. The van der Waals surface area contributed by atoms with E-state index < -0.39 is 0 Å². The molecule has 0 rings (SSSR count). The first-order valence-electron chi connectivity index (χ1n) is 6.06. The number of methoxy groups -OCH3 is 1. The molecule has 0 aromatic heterocycles. The molecule has 0 aliphatic rings. The van der Waals surface area contributed by atoms with Gasteiger partial charge in [0.25, 0.3) is 0 Å². The lowest BCUT2D eigenvalue weighted by atomic mass is 9.96. The zero-order valence-electron chi connectivity index (χ0n) is 10.8. The Bertz CT molecular complexity index is 142. The minimum absolute atomic E-state index is 0.516. The Morgan fingerprint density at radius 1 is 1.40 bits per heavy atom. The van der Waals surface area contributed by atoms with Gasteiger partial charge in [-0.25, -0.2) is 0 Å². The molecular formula is C12H28N2O. The maximum atomic E-state index is 5.84. The quantitative estimate of drug-likeness (QED) is 0.596. The summed E-state index contributed by atoms with van der Waals surface area (Å²) in [5.41, 5.74) is 5.84. The van der Waals surface area contributed by atoms with Gasteiger partial charge in [-0.15, -0.1) is 0 Å². The largest absolute Gasteiger partial charge is 0.385 e. The second kappa shape index (κ2) is 9.13. The fourth-order valence-corrected chi connectivity index (χ4v) is 2.12. The number of ether oxygens (including phenoxy) is 1. The van der Waals surface area contributed by atoms with Crippen LogP contribution in [0, 0.1) is 5.92 Å². The molecule has 0 aromatic carbocycles. The molecule has 0 spiro atoms. The van der Waals surface area contributed by atoms with Gasteiger partial charge in [0.05, 0.1) is 0 Å². The van der Waals surface area contributed by atoms with Crippen LogP contribution in [0.15, 0.2) is 0 Å². The third kappa shape index (κ3) is 6.13. The minimum Gasteiger partial charge on any atom is -0.385 e. The lowest BCUT2D eigenvalue weighted by Gasteiger charge is -2.31. The molecule has 0 bridgehead atoms. The molecule has 0 aromatic rings. The Balaban J connectivity index is 3.91. The molecule has 0 radical (unpaired) electrons. The van der Waals surface area contributed by atoms with Gasteiger partial charge in [-0.1, -0.05) is 20.3 Å². The fraction of sp³-hybridized carbons (Fsp3) is 1.00. The topological polar surface area (TPSA) is 38.5 Å². The highest BCUT2D eigenvalue weighted by Crippen LogP contribution is 2.14. The van der Waals surface area contributed by atoms with E-state index in [1.165, 1.54) is 12.8 Å². The number of hydrogen-bond donors (Lipinski definition) is 1. The Morgan fingerprint density at radius 2 is 2.07 bits per heavy atom. The third-order valence-corrected chi connectivity index (χ3v) is 3.07. The molecule has 0 amide bonds. The molecule has 15 heavy (non-hydrogen) atoms. The van der Waals surface area contributed by atoms with Crippen LogP contribution in [0.3, 0.4) is 0 Å². The maximum absolute atomic E-state index is 5.84. The summed E-state index contributed by atoms with van der Waals surface area (Å²) in [6.07, 6.45) is 3.59. The zero-order valence-corrected chi connectivity index (χ0v) is 10.8. The zero-order chi connectivity index (χ0) is 11.7. The first-order chi connectivity index (χ1) is 7.17. The van der Waals surface area contributed by atoms with Crippen molar-refractivity contribution in [3.63, 3.8) is 0 Å². The molecule has 0 heterocycles. The van der Waals surface area contributed by atoms with Gasteiger partial charge in [-0.05, 0) is 25.8 Å². The summed E-state index contributed by atoms with van der Waals surface area (Å²) >= 11 is 0. The molecule has 2 atom stereocenters. The van der Waals surface area contributed by atoms with Crippen molar-refractivity contribution in [3.05, 3.63) is 0 Å². The van der Waals surface area contributed by atoms with Crippen LogP contribution < -0.4 is 5.73 Å². The van der Waals surface area contributed by atoms with Crippen LogP contribution in [-0.4, -0.2) is 44.8 Å². The Kier molecular flexibility index (Phi) is 9.06. The number of nitrogens with two attached hydrogens (primary N) is 1. The molecule has 0 saturated carbocycles. The molecule has 0 saturated heterocycles. The van der Waals surface area contributed by atoms with Gasteiger partial charge in [0.1, 0.15) is 0 Å². The standard InChI is InChI=1S/C12H28N2O/c1-5-7-11(2)12(10-13)14(3)8-6-9-15-4/h11-12H,5-10,13H2,1-4H3. The van der Waals surface area contributed by atoms with Crippen molar-refractivity contribution in [1.82, 2.24) is 4.90 Å². The molecule has 0 aliphatic carbocycles. The predicted octanol–water partition coefficient (Wildman–Crippen LogP) is 1.72. The van der Waals surface area contributed by atoms with Gasteiger partial charge in [0.15, 0.2) is 0 Å². The number of rotatable bonds is 9. The van der Waals surface area contributed by atoms with Crippen LogP contribution in [0.1, 0.15) is 33.1 Å². The van der Waals surface area contributed by atoms with Crippen molar-refractivity contribution in [2.75, 3.05) is 33.9 Å². The highest BCUT2D eigenvalue weighted by molar-refractivity contribution is 4.75. The van der Waals surface area contributed by atoms with Crippen LogP contribution in [0.4, 0.5) is 0 Å². The van der Waals surface area contributed by atoms with E-state index in [0.29, 0.717) is 12.0 Å². The molecule has 3 heteroatoms. The molecule has 2 unspecified atom stereocenters. The van der Waals surface area contributed by atoms with Crippen LogP contribution >= 0.6 is 0 Å². The molecule has 3 nitrogen and oxygen atoms in total. The van der Waals surface area contributed by atoms with Crippen molar-refractivity contribution in [2.24, 2.45) is 11.7 Å². The summed E-state index contributed by atoms with van der Waals surface area (Å²) in [6, 6.07) is 0.516. The van der Waals surface area contributed by atoms with Crippen LogP contribution in [-0.2, 0) is 4.74 Å². The molecule has 0 aliphatic heterocycles. The normalized spacial score (nSPS) is 15.6. The number of hydrogen-bond acceptors (Lipinski definition) is 3. The lowest BCUT2D eigenvalue weighted by Crippen LogP contribution is -2.43. The highest BCUT2D eigenvalue weighted by atomic mass is 16.5. The Labute approximate surface area is 95.0 Å². The van der Waals surface area contributed by atoms with E-state index in [2.05, 4.69) is 25.8 Å². The van der Waals surface area contributed by atoms with Gasteiger partial charge in [-0.3, -0.25) is 0 Å². The molecule has 92 valence electrons. The Hall–Kier alpha value is -0.120. The SMILES string of the molecule is CCCC(C)C(CN)N(C)CCCOC. The molecule has 0 fully saturated rings. The summed E-state index contributed by atoms with van der Waals surface area (Å²) in [5.74, 6) is 0.688. The predicted molar refractivity (Wildman–Crippen MR) is 66.0 cm³/mol. The van der Waals surface area contributed by atoms with Crippen LogP contribution in [0.25, 0.3) is 0 Å². The van der Waals surface area contributed by atoms with E-state index in [1.807, 2.05) is 0 Å². The van der Waals surface area contributed by atoms with Gasteiger partial charge in [0, 0.05) is 32.8 Å².